The molecule has 2 rings (SSSR count). The zero-order valence-corrected chi connectivity index (χ0v) is 14.0. The summed E-state index contributed by atoms with van der Waals surface area (Å²) in [4.78, 5) is 2.74. The highest BCUT2D eigenvalue weighted by Gasteiger charge is 2.29. The molecule has 0 saturated carbocycles. The van der Waals surface area contributed by atoms with Gasteiger partial charge in [0.05, 0.1) is 4.90 Å². The lowest BCUT2D eigenvalue weighted by Crippen LogP contribution is -2.50. The van der Waals surface area contributed by atoms with E-state index >= 15 is 0 Å². The maximum Gasteiger partial charge on any atom is 0.243 e. The van der Waals surface area contributed by atoms with Crippen LogP contribution in [0.25, 0.3) is 0 Å². The highest BCUT2D eigenvalue weighted by molar-refractivity contribution is 7.89. The first-order valence-electron chi connectivity index (χ1n) is 6.96. The van der Waals surface area contributed by atoms with E-state index in [0.29, 0.717) is 24.7 Å². The van der Waals surface area contributed by atoms with Crippen LogP contribution in [0.4, 0.5) is 0 Å². The van der Waals surface area contributed by atoms with Gasteiger partial charge in [-0.25, -0.2) is 8.42 Å². The van der Waals surface area contributed by atoms with Gasteiger partial charge in [0.1, 0.15) is 4.99 Å². The van der Waals surface area contributed by atoms with Crippen LogP contribution in [0.3, 0.4) is 0 Å². The third-order valence-corrected chi connectivity index (χ3v) is 5.89. The van der Waals surface area contributed by atoms with Crippen LogP contribution in [-0.2, 0) is 10.0 Å². The molecule has 1 fully saturated rings. The van der Waals surface area contributed by atoms with Crippen molar-refractivity contribution >= 4 is 27.2 Å². The van der Waals surface area contributed by atoms with Gasteiger partial charge in [0.15, 0.2) is 0 Å². The number of sulfonamides is 1. The average molecular weight is 327 g/mol. The summed E-state index contributed by atoms with van der Waals surface area (Å²) in [6.07, 6.45) is 0. The Bertz CT molecular complexity index is 621. The Hall–Kier alpha value is -1.02. The first-order valence-corrected chi connectivity index (χ1v) is 8.81. The molecule has 0 bridgehead atoms. The number of nitrogens with zero attached hydrogens (tertiary/aromatic N) is 2. The van der Waals surface area contributed by atoms with Crippen LogP contribution in [0.2, 0.25) is 0 Å². The van der Waals surface area contributed by atoms with Gasteiger partial charge >= 0.3 is 0 Å². The molecular weight excluding hydrogens is 306 g/mol. The van der Waals surface area contributed by atoms with Crippen molar-refractivity contribution in [1.29, 1.82) is 0 Å². The van der Waals surface area contributed by atoms with Crippen molar-refractivity contribution in [1.82, 2.24) is 9.21 Å². The molecule has 1 heterocycles. The molecule has 1 aliphatic rings. The van der Waals surface area contributed by atoms with E-state index in [9.17, 15) is 8.42 Å². The summed E-state index contributed by atoms with van der Waals surface area (Å²) < 4.78 is 26.9. The van der Waals surface area contributed by atoms with Crippen LogP contribution in [0.15, 0.2) is 29.2 Å². The van der Waals surface area contributed by atoms with Crippen molar-refractivity contribution in [3.8, 4) is 0 Å². The van der Waals surface area contributed by atoms with E-state index in [0.717, 1.165) is 13.1 Å². The Morgan fingerprint density at radius 1 is 1.24 bits per heavy atom. The van der Waals surface area contributed by atoms with Crippen molar-refractivity contribution < 1.29 is 8.42 Å². The smallest absolute Gasteiger partial charge is 0.243 e. The van der Waals surface area contributed by atoms with Crippen LogP contribution in [-0.4, -0.2) is 54.8 Å². The van der Waals surface area contributed by atoms with E-state index in [1.165, 1.54) is 4.31 Å². The molecule has 0 unspecified atom stereocenters. The van der Waals surface area contributed by atoms with Crippen LogP contribution in [0.5, 0.6) is 0 Å². The van der Waals surface area contributed by atoms with E-state index in [1.807, 2.05) is 0 Å². The Kier molecular flexibility index (Phi) is 4.98. The monoisotopic (exact) mass is 327 g/mol. The number of nitrogens with two attached hydrogens (primary N) is 1. The fourth-order valence-electron chi connectivity index (χ4n) is 2.42. The summed E-state index contributed by atoms with van der Waals surface area (Å²) in [5.74, 6) is 0. The van der Waals surface area contributed by atoms with E-state index in [4.69, 9.17) is 18.0 Å². The number of benzene rings is 1. The summed E-state index contributed by atoms with van der Waals surface area (Å²) in [5, 5.41) is 0. The highest BCUT2D eigenvalue weighted by Crippen LogP contribution is 2.19. The number of piperazine rings is 1. The molecule has 1 saturated heterocycles. The Morgan fingerprint density at radius 2 is 1.86 bits per heavy atom. The zero-order valence-electron chi connectivity index (χ0n) is 12.3. The topological polar surface area (TPSA) is 66.6 Å². The second kappa shape index (κ2) is 6.39. The summed E-state index contributed by atoms with van der Waals surface area (Å²) >= 11 is 4.91. The molecule has 0 aliphatic carbocycles. The summed E-state index contributed by atoms with van der Waals surface area (Å²) in [5.41, 5.74) is 6.15. The van der Waals surface area contributed by atoms with Gasteiger partial charge in [-0.2, -0.15) is 4.31 Å². The Morgan fingerprint density at radius 3 is 2.38 bits per heavy atom. The zero-order chi connectivity index (χ0) is 15.6. The van der Waals surface area contributed by atoms with Gasteiger partial charge in [0.2, 0.25) is 10.0 Å². The fourth-order valence-corrected chi connectivity index (χ4v) is 4.01. The molecular formula is C14H21N3O2S2. The molecule has 5 nitrogen and oxygen atoms in total. The van der Waals surface area contributed by atoms with E-state index in [-0.39, 0.29) is 9.88 Å². The first kappa shape index (κ1) is 16.4. The predicted molar refractivity (Wildman–Crippen MR) is 87.8 cm³/mol. The van der Waals surface area contributed by atoms with Gasteiger partial charge in [-0.15, -0.1) is 0 Å². The SMILES string of the molecule is CC(C)N1CCN(S(=O)(=O)c2cccc(C(N)=S)c2)CC1. The molecule has 1 aliphatic heterocycles. The maximum atomic E-state index is 12.7. The summed E-state index contributed by atoms with van der Waals surface area (Å²) in [7, 11) is -3.48. The molecule has 1 aromatic rings. The third-order valence-electron chi connectivity index (χ3n) is 3.76. The predicted octanol–water partition coefficient (Wildman–Crippen LogP) is 1.04. The molecule has 7 heteroatoms. The van der Waals surface area contributed by atoms with Crippen molar-refractivity contribution in [2.75, 3.05) is 26.2 Å². The molecule has 1 aromatic carbocycles. The quantitative estimate of drug-likeness (QED) is 0.837. The molecule has 0 amide bonds. The molecule has 0 radical (unpaired) electrons. The van der Waals surface area contributed by atoms with E-state index < -0.39 is 10.0 Å². The molecule has 0 atom stereocenters. The number of hydrogen-bond donors (Lipinski definition) is 1. The summed E-state index contributed by atoms with van der Waals surface area (Å²) in [6, 6.07) is 6.97. The van der Waals surface area contributed by atoms with Gasteiger partial charge in [0, 0.05) is 37.8 Å². The lowest BCUT2D eigenvalue weighted by molar-refractivity contribution is 0.154. The minimum absolute atomic E-state index is 0.205. The Balaban J connectivity index is 2.19. The van der Waals surface area contributed by atoms with Crippen molar-refractivity contribution in [3.63, 3.8) is 0 Å². The second-order valence-corrected chi connectivity index (χ2v) is 7.80. The van der Waals surface area contributed by atoms with Crippen molar-refractivity contribution in [3.05, 3.63) is 29.8 Å². The number of thiocarbonyl (C=S) groups is 1. The minimum Gasteiger partial charge on any atom is -0.389 e. The normalized spacial score (nSPS) is 18.0. The molecule has 21 heavy (non-hydrogen) atoms. The lowest BCUT2D eigenvalue weighted by Gasteiger charge is -2.36. The van der Waals surface area contributed by atoms with Gasteiger partial charge < -0.3 is 5.73 Å². The van der Waals surface area contributed by atoms with E-state index in [2.05, 4.69) is 18.7 Å². The second-order valence-electron chi connectivity index (χ2n) is 5.43. The fraction of sp³-hybridized carbons (Fsp3) is 0.500. The largest absolute Gasteiger partial charge is 0.389 e. The minimum atomic E-state index is -3.48. The molecule has 0 aromatic heterocycles. The molecule has 2 N–H and O–H groups in total. The van der Waals surface area contributed by atoms with E-state index in [1.54, 1.807) is 24.3 Å². The van der Waals surface area contributed by atoms with Crippen molar-refractivity contribution in [2.24, 2.45) is 5.73 Å². The highest BCUT2D eigenvalue weighted by atomic mass is 32.2. The third kappa shape index (κ3) is 3.60. The van der Waals surface area contributed by atoms with Crippen LogP contribution in [0.1, 0.15) is 19.4 Å². The maximum absolute atomic E-state index is 12.7. The van der Waals surface area contributed by atoms with Crippen LogP contribution in [0, 0.1) is 0 Å². The van der Waals surface area contributed by atoms with Crippen molar-refractivity contribution in [2.45, 2.75) is 24.8 Å². The van der Waals surface area contributed by atoms with Gasteiger partial charge in [0.25, 0.3) is 0 Å². The Labute approximate surface area is 131 Å². The van der Waals surface area contributed by atoms with Gasteiger partial charge in [-0.3, -0.25) is 4.90 Å². The average Bonchev–Trinajstić information content (AvgIpc) is 2.47. The molecule has 116 valence electrons. The number of rotatable bonds is 4. The van der Waals surface area contributed by atoms with Crippen LogP contribution < -0.4 is 5.73 Å². The van der Waals surface area contributed by atoms with Crippen LogP contribution >= 0.6 is 12.2 Å². The number of hydrogen-bond acceptors (Lipinski definition) is 4. The first-order chi connectivity index (χ1) is 9.82. The van der Waals surface area contributed by atoms with Gasteiger partial charge in [-0.1, -0.05) is 24.4 Å². The standard InChI is InChI=1S/C14H21N3O2S2/c1-11(2)16-6-8-17(9-7-16)21(18,19)13-5-3-4-12(10-13)14(15)20/h3-5,10-11H,6-9H2,1-2H3,(H2,15,20). The summed E-state index contributed by atoms with van der Waals surface area (Å²) in [6.45, 7) is 6.78. The lowest BCUT2D eigenvalue weighted by atomic mass is 10.2. The van der Waals surface area contributed by atoms with Gasteiger partial charge in [-0.05, 0) is 26.0 Å². The molecule has 0 spiro atoms.